The molecule has 1 saturated heterocycles. The van der Waals surface area contributed by atoms with Gasteiger partial charge in [-0.1, -0.05) is 114 Å². The molecule has 0 amide bonds. The predicted molar refractivity (Wildman–Crippen MR) is 470 cm³/mol. The van der Waals surface area contributed by atoms with E-state index in [9.17, 15) is 0 Å². The molecule has 30 nitrogen and oxygen atoms in total. The van der Waals surface area contributed by atoms with Gasteiger partial charge in [0.2, 0.25) is 17.8 Å². The molecular weight excluding hydrogens is 1780 g/mol. The van der Waals surface area contributed by atoms with E-state index in [1.54, 1.807) is 43.6 Å². The fourth-order valence-corrected chi connectivity index (χ4v) is 14.9. The van der Waals surface area contributed by atoms with Crippen LogP contribution >= 0.6 is 0 Å². The quantitative estimate of drug-likeness (QED) is 0.00977. The van der Waals surface area contributed by atoms with E-state index in [0.717, 1.165) is 166 Å². The SMILES string of the molecule is C.C.CC(C)n1cnc2c(NCc3ccc(-c4ccoc4)cc3)nc(NC3CCC(N)CC3)nc21.CC(C)n1cnc2c(NCc3ccc(-c4ccoc4)cc3)nc(NC3CCC([NH-])CC3)nc21.CCCN(CCC)C1CCC(Nc2nc(NCc3ccc(-c4ccoc4)cc3)c3ncn(C(C)C)c3n2)CC1.OO[B]c1ccoc1.[Ac].[CH-]1OOO1.[Na+].[Na+]. The van der Waals surface area contributed by atoms with E-state index in [2.05, 4.69) is 218 Å². The van der Waals surface area contributed by atoms with Gasteiger partial charge >= 0.3 is 66.6 Å². The fraction of sp³-hybridized carbons (Fsp3) is 0.432. The summed E-state index contributed by atoms with van der Waals surface area (Å²) in [5, 5.41) is 32.8. The van der Waals surface area contributed by atoms with Crippen LogP contribution in [0, 0.1) is 50.9 Å². The number of imidazole rings is 3. The molecule has 1 aliphatic heterocycles. The Bertz CT molecular complexity index is 4880. The van der Waals surface area contributed by atoms with Crippen LogP contribution in [0.5, 0.6) is 0 Å². The third kappa shape index (κ3) is 28.0. The maximum Gasteiger partial charge on any atom is 1.00 e. The van der Waals surface area contributed by atoms with E-state index in [1.165, 1.54) is 64.3 Å². The maximum atomic E-state index is 7.94. The number of fused-ring (bicyclic) bond motifs is 3. The summed E-state index contributed by atoms with van der Waals surface area (Å²) in [6, 6.07) is 35.8. The van der Waals surface area contributed by atoms with Gasteiger partial charge in [0.1, 0.15) is 0 Å². The Hall–Kier alpha value is -7.58. The van der Waals surface area contributed by atoms with Crippen LogP contribution in [-0.4, -0.2) is 126 Å². The molecule has 10 N–H and O–H groups in total. The molecule has 636 valence electrons. The van der Waals surface area contributed by atoms with E-state index in [4.69, 9.17) is 59.9 Å². The Morgan fingerprint density at radius 2 is 0.795 bits per heavy atom. The summed E-state index contributed by atoms with van der Waals surface area (Å²) in [5.41, 5.74) is 29.7. The van der Waals surface area contributed by atoms with Crippen molar-refractivity contribution in [2.24, 2.45) is 5.73 Å². The Kier molecular flexibility index (Phi) is 41.4. The minimum absolute atomic E-state index is 0. The number of hydrogen-bond donors (Lipinski definition) is 8. The molecule has 3 aliphatic carbocycles. The normalized spacial score (nSPS) is 17.2. The minimum atomic E-state index is 0. The summed E-state index contributed by atoms with van der Waals surface area (Å²) in [6.07, 6.45) is 34.0. The van der Waals surface area contributed by atoms with Gasteiger partial charge < -0.3 is 94.2 Å². The van der Waals surface area contributed by atoms with Crippen molar-refractivity contribution in [3.63, 3.8) is 0 Å². The smallest absolute Gasteiger partial charge is 0.675 e. The first-order chi connectivity index (χ1) is 57.1. The van der Waals surface area contributed by atoms with Gasteiger partial charge in [-0.15, -0.1) is 11.1 Å². The standard InChI is InChI=1S/C31H43N7O.C25H31N7O.C25H30N7O.C4H4BO3.CHO3.2CH4.Ac.2Na/c1-5-16-37(17-6-2)27-13-11-26(12-14-27)34-31-35-29(28-30(36-31)38(21-33-28)22(3)4)32-19-23-7-9-24(10-8-23)25-15-18-39-20-25;2*1-16(2)32-15-28-22-23(27-13-17-3-5-18(6-4-17)19-11-12-33-14-19)30-25(31-24(22)32)29-21-9-7-20(26)8-10-21;6-8-5-4-1-2-7-3-4;1-2-4-3-1;;;;;/h7-10,15,18,20-22,26-27H,5-6,11-14,16-17,19H2,1-4H3,(H2,32,34,35,36);3-6,11-12,14-16,20-21H,7-10,13,26H2,1-2H3,(H2,27,29,30,31);3-6,11-12,14-16,20-21,26H,7-10,13H2,1-2H3,(H2,27,29,30,31);1-3,6H;1H;2*1H4;;;/q;;-1;;-1;;;;2*+1. The Labute approximate surface area is 796 Å². The number of rotatable bonds is 28. The zero-order chi connectivity index (χ0) is 81.4. The average Bonchev–Trinajstić information content (AvgIpc) is 1.63. The first kappa shape index (κ1) is 99.8. The summed E-state index contributed by atoms with van der Waals surface area (Å²) < 4.78 is 26.5. The van der Waals surface area contributed by atoms with E-state index in [-0.39, 0.29) is 142 Å². The third-order valence-electron chi connectivity index (χ3n) is 21.4. The van der Waals surface area contributed by atoms with Crippen molar-refractivity contribution in [1.82, 2.24) is 63.5 Å². The summed E-state index contributed by atoms with van der Waals surface area (Å²) in [5.74, 6) is 4.19. The molecule has 0 atom stereocenters. The second-order valence-electron chi connectivity index (χ2n) is 30.9. The summed E-state index contributed by atoms with van der Waals surface area (Å²) in [7, 11) is 1.17. The first-order valence-corrected chi connectivity index (χ1v) is 40.9. The number of aromatic nitrogens is 12. The molecule has 11 heterocycles. The number of nitrogens with zero attached hydrogens (tertiary/aromatic N) is 13. The maximum absolute atomic E-state index is 7.94. The van der Waals surface area contributed by atoms with Crippen molar-refractivity contribution in [3.8, 4) is 33.4 Å². The van der Waals surface area contributed by atoms with Crippen molar-refractivity contribution in [3.05, 3.63) is 195 Å². The molecule has 34 heteroatoms. The van der Waals surface area contributed by atoms with Crippen molar-refractivity contribution < 1.29 is 146 Å². The molecule has 4 aliphatic rings. The molecular formula is C88H117AcBN21Na2O9. The van der Waals surface area contributed by atoms with E-state index in [1.807, 2.05) is 37.2 Å². The monoisotopic (exact) mass is 1900 g/mol. The van der Waals surface area contributed by atoms with Crippen LogP contribution in [0.2, 0.25) is 0 Å². The second-order valence-corrected chi connectivity index (χ2v) is 30.9. The predicted octanol–water partition coefficient (Wildman–Crippen LogP) is 13.4. The molecule has 0 spiro atoms. The van der Waals surface area contributed by atoms with Gasteiger partial charge in [0.25, 0.3) is 0 Å². The number of hydrogen-bond acceptors (Lipinski definition) is 26. The molecule has 122 heavy (non-hydrogen) atoms. The van der Waals surface area contributed by atoms with Gasteiger partial charge in [-0.2, -0.15) is 29.9 Å². The van der Waals surface area contributed by atoms with Gasteiger partial charge in [-0.3, -0.25) is 5.26 Å². The van der Waals surface area contributed by atoms with Crippen LogP contribution in [0.25, 0.3) is 72.6 Å². The number of anilines is 6. The second kappa shape index (κ2) is 50.5. The number of furan rings is 4. The molecule has 2 radical (unpaired) electrons. The van der Waals surface area contributed by atoms with Gasteiger partial charge in [-0.05, 0) is 202 Å². The topological polar surface area (TPSA) is 366 Å². The number of nitrogens with two attached hydrogens (primary N) is 1. The van der Waals surface area contributed by atoms with E-state index >= 15 is 0 Å². The van der Waals surface area contributed by atoms with Crippen LogP contribution in [0.1, 0.15) is 195 Å². The summed E-state index contributed by atoms with van der Waals surface area (Å²) in [4.78, 5) is 57.2. The molecule has 13 aromatic rings. The largest absolute Gasteiger partial charge is 1.00 e. The van der Waals surface area contributed by atoms with Crippen LogP contribution in [-0.2, 0) is 39.3 Å². The van der Waals surface area contributed by atoms with Crippen molar-refractivity contribution in [1.29, 1.82) is 0 Å². The zero-order valence-corrected chi connectivity index (χ0v) is 79.3. The van der Waals surface area contributed by atoms with Crippen LogP contribution < -0.4 is 102 Å². The van der Waals surface area contributed by atoms with Crippen molar-refractivity contribution in [2.75, 3.05) is 45.0 Å². The van der Waals surface area contributed by atoms with Gasteiger partial charge in [-0.25, -0.2) is 15.0 Å². The van der Waals surface area contributed by atoms with Crippen LogP contribution in [0.4, 0.5) is 35.3 Å². The van der Waals surface area contributed by atoms with Gasteiger partial charge in [0.15, 0.2) is 50.9 Å². The molecule has 4 fully saturated rings. The van der Waals surface area contributed by atoms with Crippen LogP contribution in [0.15, 0.2) is 184 Å². The Morgan fingerprint density at radius 3 is 1.08 bits per heavy atom. The average molecular weight is 1900 g/mol. The third-order valence-corrected chi connectivity index (χ3v) is 21.4. The minimum Gasteiger partial charge on any atom is -0.675 e. The van der Waals surface area contributed by atoms with Gasteiger partial charge in [0.05, 0.1) is 69.1 Å². The van der Waals surface area contributed by atoms with E-state index < -0.39 is 0 Å². The molecule has 10 aromatic heterocycles. The first-order valence-electron chi connectivity index (χ1n) is 40.9. The number of benzene rings is 3. The van der Waals surface area contributed by atoms with Crippen molar-refractivity contribution in [2.45, 2.75) is 234 Å². The molecule has 0 unspecified atom stereocenters. The summed E-state index contributed by atoms with van der Waals surface area (Å²) >= 11 is 0. The fourth-order valence-electron chi connectivity index (χ4n) is 14.9. The van der Waals surface area contributed by atoms with Gasteiger partial charge in [0, 0.05) is 129 Å². The zero-order valence-electron chi connectivity index (χ0n) is 70.6. The molecule has 3 saturated carbocycles. The Morgan fingerprint density at radius 1 is 0.475 bits per heavy atom. The Balaban J connectivity index is 0.000000208. The molecule has 3 aromatic carbocycles. The molecule has 17 rings (SSSR count). The van der Waals surface area contributed by atoms with Crippen LogP contribution in [0.3, 0.4) is 0 Å². The summed E-state index contributed by atoms with van der Waals surface area (Å²) in [6.45, 7) is 22.8. The van der Waals surface area contributed by atoms with E-state index in [0.29, 0.717) is 73.2 Å². The number of nitrogens with one attached hydrogen (secondary N) is 7. The molecule has 0 bridgehead atoms. The van der Waals surface area contributed by atoms with Crippen molar-refractivity contribution >= 4 is 81.7 Å².